The molecule has 2 rings (SSSR count). The Labute approximate surface area is 152 Å². The molecule has 0 fully saturated rings. The quantitative estimate of drug-likeness (QED) is 0.746. The van der Waals surface area contributed by atoms with Gasteiger partial charge in [0.1, 0.15) is 0 Å². The monoisotopic (exact) mass is 382 g/mol. The molecule has 0 bridgehead atoms. The van der Waals surface area contributed by atoms with Gasteiger partial charge in [-0.1, -0.05) is 17.7 Å². The van der Waals surface area contributed by atoms with E-state index in [-0.39, 0.29) is 17.2 Å². The second-order valence-electron chi connectivity index (χ2n) is 5.22. The fraction of sp³-hybridized carbons (Fsp3) is 0.111. The summed E-state index contributed by atoms with van der Waals surface area (Å²) in [6.45, 7) is 3.79. The Kier molecular flexibility index (Phi) is 6.05. The fourth-order valence-corrected chi connectivity index (χ4v) is 2.29. The molecule has 26 heavy (non-hydrogen) atoms. The maximum Gasteiger partial charge on any atom is 0.417 e. The van der Waals surface area contributed by atoms with Crippen molar-refractivity contribution in [1.29, 1.82) is 0 Å². The highest BCUT2D eigenvalue weighted by Gasteiger charge is 2.33. The lowest BCUT2D eigenvalue weighted by Crippen LogP contribution is -2.23. The second-order valence-corrected chi connectivity index (χ2v) is 5.63. The first kappa shape index (κ1) is 19.5. The molecule has 8 heteroatoms. The Balaban J connectivity index is 2.13. The Morgan fingerprint density at radius 2 is 1.62 bits per heavy atom. The predicted molar refractivity (Wildman–Crippen MR) is 93.4 cm³/mol. The lowest BCUT2D eigenvalue weighted by Gasteiger charge is -2.12. The molecular weight excluding hydrogens is 369 g/mol. The average molecular weight is 383 g/mol. The maximum atomic E-state index is 12.9. The molecular formula is C18H14ClF3N2O2. The van der Waals surface area contributed by atoms with E-state index in [2.05, 4.69) is 17.2 Å². The van der Waals surface area contributed by atoms with E-state index in [1.54, 1.807) is 0 Å². The van der Waals surface area contributed by atoms with Gasteiger partial charge in [0, 0.05) is 23.4 Å². The molecule has 0 aliphatic rings. The summed E-state index contributed by atoms with van der Waals surface area (Å²) >= 11 is 5.54. The molecule has 0 saturated heterocycles. The number of anilines is 1. The lowest BCUT2D eigenvalue weighted by atomic mass is 10.1. The van der Waals surface area contributed by atoms with Gasteiger partial charge in [-0.2, -0.15) is 13.2 Å². The largest absolute Gasteiger partial charge is 0.417 e. The van der Waals surface area contributed by atoms with Crippen molar-refractivity contribution in [3.63, 3.8) is 0 Å². The first-order chi connectivity index (χ1) is 12.2. The number of carbonyl (C=O) groups is 2. The molecule has 0 aromatic heterocycles. The molecule has 0 unspecified atom stereocenters. The van der Waals surface area contributed by atoms with Crippen molar-refractivity contribution in [2.45, 2.75) is 6.18 Å². The number of hydrogen-bond acceptors (Lipinski definition) is 2. The Bertz CT molecular complexity index is 833. The van der Waals surface area contributed by atoms with Crippen LogP contribution in [-0.4, -0.2) is 18.4 Å². The van der Waals surface area contributed by atoms with Gasteiger partial charge in [0.25, 0.3) is 11.8 Å². The summed E-state index contributed by atoms with van der Waals surface area (Å²) < 4.78 is 38.6. The molecule has 2 N–H and O–H groups in total. The standard InChI is InChI=1S/C18H14ClF3N2O2/c1-2-9-23-16(25)11-3-5-12(6-4-11)17(26)24-13-7-8-15(19)14(10-13)18(20,21)22/h2-8,10H,1,9H2,(H,23,25)(H,24,26). The SMILES string of the molecule is C=CCNC(=O)c1ccc(C(=O)Nc2ccc(Cl)c(C(F)(F)F)c2)cc1. The zero-order valence-corrected chi connectivity index (χ0v) is 14.1. The van der Waals surface area contributed by atoms with Crippen molar-refractivity contribution in [3.05, 3.63) is 76.8 Å². The van der Waals surface area contributed by atoms with Crippen LogP contribution in [0, 0.1) is 0 Å². The minimum absolute atomic E-state index is 0.0421. The Morgan fingerprint density at radius 1 is 1.04 bits per heavy atom. The van der Waals surface area contributed by atoms with Crippen molar-refractivity contribution in [2.24, 2.45) is 0 Å². The first-order valence-corrected chi connectivity index (χ1v) is 7.77. The van der Waals surface area contributed by atoms with Gasteiger partial charge in [0.2, 0.25) is 0 Å². The number of nitrogens with one attached hydrogen (secondary N) is 2. The third-order valence-corrected chi connectivity index (χ3v) is 3.68. The number of hydrogen-bond donors (Lipinski definition) is 2. The van der Waals surface area contributed by atoms with Gasteiger partial charge in [-0.3, -0.25) is 9.59 Å². The van der Waals surface area contributed by atoms with Gasteiger partial charge in [-0.25, -0.2) is 0 Å². The van der Waals surface area contributed by atoms with Crippen molar-refractivity contribution in [3.8, 4) is 0 Å². The number of amides is 2. The average Bonchev–Trinajstić information content (AvgIpc) is 2.60. The van der Waals surface area contributed by atoms with Crippen LogP contribution in [0.25, 0.3) is 0 Å². The summed E-state index contributed by atoms with van der Waals surface area (Å²) in [5.74, 6) is -0.942. The van der Waals surface area contributed by atoms with Gasteiger partial charge < -0.3 is 10.6 Å². The van der Waals surface area contributed by atoms with Gasteiger partial charge >= 0.3 is 6.18 Å². The zero-order chi connectivity index (χ0) is 19.3. The molecule has 0 aliphatic heterocycles. The highest BCUT2D eigenvalue weighted by molar-refractivity contribution is 6.31. The smallest absolute Gasteiger partial charge is 0.349 e. The maximum absolute atomic E-state index is 12.9. The first-order valence-electron chi connectivity index (χ1n) is 7.39. The van der Waals surface area contributed by atoms with E-state index in [0.717, 1.165) is 12.1 Å². The van der Waals surface area contributed by atoms with Crippen LogP contribution in [0.5, 0.6) is 0 Å². The van der Waals surface area contributed by atoms with Crippen molar-refractivity contribution in [2.75, 3.05) is 11.9 Å². The number of alkyl halides is 3. The summed E-state index contributed by atoms with van der Waals surface area (Å²) in [6.07, 6.45) is -3.10. The van der Waals surface area contributed by atoms with E-state index in [0.29, 0.717) is 12.1 Å². The molecule has 2 amide bonds. The summed E-state index contributed by atoms with van der Waals surface area (Å²) in [6, 6.07) is 8.78. The molecule has 0 spiro atoms. The van der Waals surface area contributed by atoms with Crippen LogP contribution in [0.4, 0.5) is 18.9 Å². The summed E-state index contributed by atoms with van der Waals surface area (Å²) in [4.78, 5) is 23.9. The number of halogens is 4. The molecule has 4 nitrogen and oxygen atoms in total. The van der Waals surface area contributed by atoms with Crippen LogP contribution in [0.15, 0.2) is 55.1 Å². The van der Waals surface area contributed by atoms with Crippen LogP contribution >= 0.6 is 11.6 Å². The van der Waals surface area contributed by atoms with E-state index in [9.17, 15) is 22.8 Å². The molecule has 0 heterocycles. The van der Waals surface area contributed by atoms with E-state index in [1.165, 1.54) is 36.4 Å². The number of carbonyl (C=O) groups excluding carboxylic acids is 2. The van der Waals surface area contributed by atoms with E-state index < -0.39 is 22.7 Å². The topological polar surface area (TPSA) is 58.2 Å². The van der Waals surface area contributed by atoms with E-state index in [4.69, 9.17) is 11.6 Å². The molecule has 0 saturated carbocycles. The van der Waals surface area contributed by atoms with Crippen molar-refractivity contribution in [1.82, 2.24) is 5.32 Å². The van der Waals surface area contributed by atoms with Crippen LogP contribution in [0.2, 0.25) is 5.02 Å². The third-order valence-electron chi connectivity index (χ3n) is 3.35. The minimum atomic E-state index is -4.63. The summed E-state index contributed by atoms with van der Waals surface area (Å²) in [5.41, 5.74) is -0.547. The summed E-state index contributed by atoms with van der Waals surface area (Å²) in [7, 11) is 0. The van der Waals surface area contributed by atoms with Gasteiger partial charge in [0.15, 0.2) is 0 Å². The molecule has 2 aromatic carbocycles. The second kappa shape index (κ2) is 8.05. The van der Waals surface area contributed by atoms with Gasteiger partial charge in [0.05, 0.1) is 10.6 Å². The fourth-order valence-electron chi connectivity index (χ4n) is 2.06. The van der Waals surface area contributed by atoms with E-state index in [1.807, 2.05) is 0 Å². The lowest BCUT2D eigenvalue weighted by molar-refractivity contribution is -0.137. The third kappa shape index (κ3) is 4.86. The zero-order valence-electron chi connectivity index (χ0n) is 13.4. The van der Waals surface area contributed by atoms with Gasteiger partial charge in [-0.05, 0) is 42.5 Å². The van der Waals surface area contributed by atoms with Crippen LogP contribution in [0.3, 0.4) is 0 Å². The molecule has 0 radical (unpaired) electrons. The highest BCUT2D eigenvalue weighted by atomic mass is 35.5. The van der Waals surface area contributed by atoms with Crippen LogP contribution in [0.1, 0.15) is 26.3 Å². The summed E-state index contributed by atoms with van der Waals surface area (Å²) in [5, 5.41) is 4.50. The highest BCUT2D eigenvalue weighted by Crippen LogP contribution is 2.36. The van der Waals surface area contributed by atoms with Crippen molar-refractivity contribution >= 4 is 29.1 Å². The Morgan fingerprint density at radius 3 is 2.15 bits per heavy atom. The molecule has 0 aliphatic carbocycles. The molecule has 136 valence electrons. The van der Waals surface area contributed by atoms with E-state index >= 15 is 0 Å². The van der Waals surface area contributed by atoms with Crippen LogP contribution in [-0.2, 0) is 6.18 Å². The minimum Gasteiger partial charge on any atom is -0.349 e. The van der Waals surface area contributed by atoms with Crippen molar-refractivity contribution < 1.29 is 22.8 Å². The van der Waals surface area contributed by atoms with Gasteiger partial charge in [-0.15, -0.1) is 6.58 Å². The van der Waals surface area contributed by atoms with Crippen LogP contribution < -0.4 is 10.6 Å². The number of benzene rings is 2. The molecule has 2 aromatic rings. The molecule has 0 atom stereocenters. The number of rotatable bonds is 5. The Hall–Kier alpha value is -2.80. The normalized spacial score (nSPS) is 10.9. The predicted octanol–water partition coefficient (Wildman–Crippen LogP) is 4.53.